The summed E-state index contributed by atoms with van der Waals surface area (Å²) < 4.78 is 0. The van der Waals surface area contributed by atoms with Gasteiger partial charge in [0.05, 0.1) is 42.9 Å². The molecule has 0 bridgehead atoms. The smallest absolute Gasteiger partial charge is 0.0620 e. The standard InChI is InChI=1S/C18H15P.C17H39NP2.2ClH.Ru/c1-4-10-16(11-5-1)19(17-12-6-2-7-13-17)18-14-8-3-9-15-18;1-14(2)19(15(3)4)12-10-18(9)11-13-20(16(5)6)17(7)8;;;/h1-15H;14-17H,10-13H2,1-9H3;2*1H;/q;;;;+2/p+1. The Bertz CT molecular complexity index is 906. The van der Waals surface area contributed by atoms with Crippen LogP contribution < -0.4 is 15.9 Å². The van der Waals surface area contributed by atoms with Crippen LogP contribution in [0.2, 0.25) is 0 Å². The molecule has 0 heterocycles. The van der Waals surface area contributed by atoms with Crippen molar-refractivity contribution in [1.82, 2.24) is 4.90 Å². The summed E-state index contributed by atoms with van der Waals surface area (Å²) in [7, 11) is 10.8. The van der Waals surface area contributed by atoms with E-state index >= 15 is 0 Å². The molecule has 0 saturated carbocycles. The number of hydrogen-bond donors (Lipinski definition) is 0. The van der Waals surface area contributed by atoms with Gasteiger partial charge in [-0.3, -0.25) is 4.90 Å². The molecule has 0 spiro atoms. The molecule has 236 valence electrons. The molecule has 0 aromatic heterocycles. The molecule has 42 heavy (non-hydrogen) atoms. The maximum absolute atomic E-state index is 4.85. The van der Waals surface area contributed by atoms with Gasteiger partial charge in [-0.15, -0.1) is 0 Å². The Hall–Kier alpha value is 0.113. The van der Waals surface area contributed by atoms with Gasteiger partial charge >= 0.3 is 34.5 Å². The molecule has 3 aromatic carbocycles. The van der Waals surface area contributed by atoms with Crippen molar-refractivity contribution in [2.75, 3.05) is 32.5 Å². The van der Waals surface area contributed by atoms with Gasteiger partial charge in [0.1, 0.15) is 15.9 Å². The van der Waals surface area contributed by atoms with E-state index in [0.29, 0.717) is 0 Å². The average molecular weight is 757 g/mol. The molecule has 0 radical (unpaired) electrons. The zero-order chi connectivity index (χ0) is 31.5. The SMILES string of the molecule is CC(C)[PH+](CCN(C)CC[PH+](C(C)C)C(C)C)C(C)C.[Cl][Ru][Cl].c1ccc([PH+](c2ccccc2)c2ccccc2)cc1. The van der Waals surface area contributed by atoms with Gasteiger partial charge in [-0.25, -0.2) is 0 Å². The Balaban J connectivity index is 0.000000384. The van der Waals surface area contributed by atoms with Gasteiger partial charge in [0, 0.05) is 28.9 Å². The molecule has 7 heteroatoms. The molecule has 0 aliphatic carbocycles. The molecule has 0 aliphatic rings. The van der Waals surface area contributed by atoms with Gasteiger partial charge in [-0.2, -0.15) is 0 Å². The Kier molecular flexibility index (Phi) is 22.4. The van der Waals surface area contributed by atoms with Gasteiger partial charge in [0.15, 0.2) is 0 Å². The van der Waals surface area contributed by atoms with Crippen molar-refractivity contribution in [2.45, 2.75) is 78.0 Å². The second-order valence-corrected chi connectivity index (χ2v) is 25.1. The number of hydrogen-bond acceptors (Lipinski definition) is 1. The van der Waals surface area contributed by atoms with E-state index in [1.54, 1.807) is 0 Å². The second-order valence-electron chi connectivity index (χ2n) is 12.1. The van der Waals surface area contributed by atoms with Crippen LogP contribution in [0.15, 0.2) is 91.0 Å². The van der Waals surface area contributed by atoms with Crippen molar-refractivity contribution < 1.29 is 15.1 Å². The fourth-order valence-electron chi connectivity index (χ4n) is 5.55. The van der Waals surface area contributed by atoms with Crippen LogP contribution in [0.4, 0.5) is 0 Å². The van der Waals surface area contributed by atoms with Crippen LogP contribution in [0, 0.1) is 0 Å². The van der Waals surface area contributed by atoms with E-state index in [2.05, 4.69) is 158 Å². The first-order valence-electron chi connectivity index (χ1n) is 15.3. The number of rotatable bonds is 13. The zero-order valence-corrected chi connectivity index (χ0v) is 33.6. The van der Waals surface area contributed by atoms with Crippen molar-refractivity contribution >= 4 is 59.1 Å². The van der Waals surface area contributed by atoms with Crippen LogP contribution >= 0.6 is 43.1 Å². The predicted octanol–water partition coefficient (Wildman–Crippen LogP) is 9.53. The summed E-state index contributed by atoms with van der Waals surface area (Å²) >= 11 is -0.346. The molecule has 0 amide bonds. The summed E-state index contributed by atoms with van der Waals surface area (Å²) in [5.74, 6) is 0. The van der Waals surface area contributed by atoms with E-state index in [9.17, 15) is 0 Å². The van der Waals surface area contributed by atoms with Crippen LogP contribution in [0.3, 0.4) is 0 Å². The third-order valence-corrected chi connectivity index (χ3v) is 18.0. The van der Waals surface area contributed by atoms with Gasteiger partial charge < -0.3 is 0 Å². The minimum atomic E-state index is -0.877. The van der Waals surface area contributed by atoms with E-state index in [1.807, 2.05) is 0 Å². The van der Waals surface area contributed by atoms with E-state index in [1.165, 1.54) is 41.3 Å². The fourth-order valence-corrected chi connectivity index (χ4v) is 14.4. The first kappa shape index (κ1) is 40.1. The van der Waals surface area contributed by atoms with Crippen LogP contribution in [0.25, 0.3) is 0 Å². The predicted molar refractivity (Wildman–Crippen MR) is 203 cm³/mol. The summed E-state index contributed by atoms with van der Waals surface area (Å²) in [6.07, 6.45) is 2.92. The maximum atomic E-state index is 4.85. The van der Waals surface area contributed by atoms with Crippen LogP contribution in [-0.2, 0) is 15.1 Å². The summed E-state index contributed by atoms with van der Waals surface area (Å²) in [4.78, 5) is 2.60. The Morgan fingerprint density at radius 1 is 0.524 bits per heavy atom. The first-order chi connectivity index (χ1) is 20.0. The third kappa shape index (κ3) is 15.9. The van der Waals surface area contributed by atoms with Crippen molar-refractivity contribution in [3.8, 4) is 0 Å². The third-order valence-electron chi connectivity index (χ3n) is 7.72. The summed E-state index contributed by atoms with van der Waals surface area (Å²) in [5, 5.41) is 4.31. The van der Waals surface area contributed by atoms with E-state index in [0.717, 1.165) is 22.6 Å². The first-order valence-corrected chi connectivity index (χ1v) is 25.0. The Morgan fingerprint density at radius 2 is 0.762 bits per heavy atom. The Morgan fingerprint density at radius 3 is 0.976 bits per heavy atom. The molecule has 0 saturated heterocycles. The van der Waals surface area contributed by atoms with Crippen molar-refractivity contribution in [3.05, 3.63) is 91.0 Å². The summed E-state index contributed by atoms with van der Waals surface area (Å²) in [5.41, 5.74) is 3.66. The Labute approximate surface area is 278 Å². The fraction of sp³-hybridized carbons (Fsp3) is 0.486. The molecule has 0 atom stereocenters. The number of benzene rings is 3. The molecular formula is C35H57Cl2NP3Ru+3. The second kappa shape index (κ2) is 23.5. The largest absolute Gasteiger partial charge is 0.102 e. The average Bonchev–Trinajstić information content (AvgIpc) is 2.95. The minimum absolute atomic E-state index is 0.177. The van der Waals surface area contributed by atoms with Gasteiger partial charge in [-0.05, 0) is 98.8 Å². The van der Waals surface area contributed by atoms with E-state index in [4.69, 9.17) is 19.4 Å². The van der Waals surface area contributed by atoms with Crippen LogP contribution in [-0.4, -0.2) is 60.0 Å². The monoisotopic (exact) mass is 756 g/mol. The van der Waals surface area contributed by atoms with E-state index in [-0.39, 0.29) is 31.0 Å². The number of halogens is 2. The van der Waals surface area contributed by atoms with Crippen molar-refractivity contribution in [3.63, 3.8) is 0 Å². The molecule has 0 N–H and O–H groups in total. The number of nitrogens with zero attached hydrogens (tertiary/aromatic N) is 1. The van der Waals surface area contributed by atoms with Gasteiger partial charge in [-0.1, -0.05) is 54.6 Å². The van der Waals surface area contributed by atoms with Gasteiger partial charge in [0.2, 0.25) is 0 Å². The molecule has 0 aliphatic heterocycles. The minimum Gasteiger partial charge on any atom is -0.0620 e. The zero-order valence-electron chi connectivity index (χ0n) is 27.4. The molecule has 3 aromatic rings. The molecule has 1 nitrogen and oxygen atoms in total. The quantitative estimate of drug-likeness (QED) is 0.124. The molecule has 0 fully saturated rings. The van der Waals surface area contributed by atoms with Crippen molar-refractivity contribution in [1.29, 1.82) is 0 Å². The van der Waals surface area contributed by atoms with Crippen molar-refractivity contribution in [2.24, 2.45) is 0 Å². The van der Waals surface area contributed by atoms with Crippen LogP contribution in [0.5, 0.6) is 0 Å². The molecular weight excluding hydrogens is 699 g/mol. The topological polar surface area (TPSA) is 3.24 Å². The molecule has 3 rings (SSSR count). The maximum Gasteiger partial charge on any atom is 0.102 e. The molecule has 0 unspecified atom stereocenters. The normalized spacial score (nSPS) is 11.6. The summed E-state index contributed by atoms with van der Waals surface area (Å²) in [6, 6.07) is 32.5. The van der Waals surface area contributed by atoms with Crippen LogP contribution in [0.1, 0.15) is 55.4 Å². The van der Waals surface area contributed by atoms with Gasteiger partial charge in [0.25, 0.3) is 0 Å². The van der Waals surface area contributed by atoms with E-state index < -0.39 is 7.92 Å². The summed E-state index contributed by atoms with van der Waals surface area (Å²) in [6.45, 7) is 22.0.